The maximum absolute atomic E-state index is 13.8. The van der Waals surface area contributed by atoms with E-state index in [-0.39, 0.29) is 16.3 Å². The van der Waals surface area contributed by atoms with Crippen molar-refractivity contribution in [2.24, 2.45) is 5.92 Å². The molecule has 0 saturated heterocycles. The minimum Gasteiger partial charge on any atom is -0.326 e. The first-order valence-corrected chi connectivity index (χ1v) is 11.3. The molecule has 1 aliphatic rings. The Kier molecular flexibility index (Phi) is 6.89. The van der Waals surface area contributed by atoms with Crippen molar-refractivity contribution in [3.63, 3.8) is 0 Å². The van der Waals surface area contributed by atoms with Crippen molar-refractivity contribution in [3.8, 4) is 6.07 Å². The van der Waals surface area contributed by atoms with Gasteiger partial charge >= 0.3 is 0 Å². The first-order valence-electron chi connectivity index (χ1n) is 9.82. The van der Waals surface area contributed by atoms with Gasteiger partial charge in [0.05, 0.1) is 34.3 Å². The van der Waals surface area contributed by atoms with Gasteiger partial charge in [0.2, 0.25) is 5.91 Å². The number of carbonyl (C=O) groups is 2. The van der Waals surface area contributed by atoms with E-state index in [1.165, 1.54) is 24.3 Å². The summed E-state index contributed by atoms with van der Waals surface area (Å²) in [7, 11) is 0. The molecule has 2 aromatic carbocycles. The summed E-state index contributed by atoms with van der Waals surface area (Å²) in [5.41, 5.74) is 0.918. The molecule has 1 aliphatic carbocycles. The molecule has 1 saturated carbocycles. The molecule has 0 aliphatic heterocycles. The minimum atomic E-state index is -1.44. The molecule has 2 amide bonds. The molecule has 12 heteroatoms. The predicted molar refractivity (Wildman–Crippen MR) is 129 cm³/mol. The van der Waals surface area contributed by atoms with Crippen molar-refractivity contribution in [1.82, 2.24) is 4.98 Å². The summed E-state index contributed by atoms with van der Waals surface area (Å²) >= 11 is 24.9. The maximum atomic E-state index is 13.8. The molecule has 2 N–H and O–H groups in total. The van der Waals surface area contributed by atoms with E-state index in [0.29, 0.717) is 22.2 Å². The van der Waals surface area contributed by atoms with E-state index in [4.69, 9.17) is 51.7 Å². The van der Waals surface area contributed by atoms with Crippen molar-refractivity contribution < 1.29 is 18.4 Å². The third-order valence-corrected chi connectivity index (χ3v) is 6.75. The van der Waals surface area contributed by atoms with Crippen LogP contribution in [0, 0.1) is 28.9 Å². The molecule has 1 aromatic heterocycles. The number of nitrogens with zero attached hydrogens (tertiary/aromatic N) is 2. The Labute approximate surface area is 217 Å². The van der Waals surface area contributed by atoms with E-state index in [9.17, 15) is 18.4 Å². The number of pyridine rings is 1. The highest BCUT2D eigenvalue weighted by atomic mass is 35.5. The smallest absolute Gasteiger partial charge is 0.258 e. The minimum absolute atomic E-state index is 0.0133. The zero-order valence-corrected chi connectivity index (χ0v) is 20.3. The molecule has 178 valence electrons. The average Bonchev–Trinajstić information content (AvgIpc) is 3.38. The van der Waals surface area contributed by atoms with Crippen LogP contribution in [0.3, 0.4) is 0 Å². The lowest BCUT2D eigenvalue weighted by atomic mass is 10.1. The van der Waals surface area contributed by atoms with Gasteiger partial charge < -0.3 is 10.6 Å². The highest BCUT2D eigenvalue weighted by molar-refractivity contribution is 6.53. The molecular weight excluding hydrogens is 544 g/mol. The molecule has 3 aromatic rings. The van der Waals surface area contributed by atoms with Gasteiger partial charge in [0.1, 0.15) is 10.2 Å². The van der Waals surface area contributed by atoms with E-state index < -0.39 is 45.4 Å². The van der Waals surface area contributed by atoms with Crippen molar-refractivity contribution in [2.45, 2.75) is 10.3 Å². The van der Waals surface area contributed by atoms with Gasteiger partial charge in [-0.05, 0) is 42.0 Å². The van der Waals surface area contributed by atoms with Crippen LogP contribution < -0.4 is 10.6 Å². The number of nitrogens with one attached hydrogen (secondary N) is 2. The van der Waals surface area contributed by atoms with Gasteiger partial charge in [-0.3, -0.25) is 9.59 Å². The van der Waals surface area contributed by atoms with Crippen LogP contribution in [0.5, 0.6) is 0 Å². The van der Waals surface area contributed by atoms with Gasteiger partial charge in [-0.1, -0.05) is 23.2 Å². The second-order valence-electron chi connectivity index (χ2n) is 7.64. The molecule has 0 radical (unpaired) electrons. The van der Waals surface area contributed by atoms with E-state index in [1.807, 2.05) is 6.07 Å². The maximum Gasteiger partial charge on any atom is 0.258 e. The monoisotopic (exact) mass is 554 g/mol. The summed E-state index contributed by atoms with van der Waals surface area (Å²) in [5.74, 6) is -5.34. The van der Waals surface area contributed by atoms with E-state index in [2.05, 4.69) is 15.6 Å². The molecular formula is C23H12Cl4F2N4O2. The molecule has 35 heavy (non-hydrogen) atoms. The molecule has 2 atom stereocenters. The van der Waals surface area contributed by atoms with Crippen molar-refractivity contribution in [1.29, 1.82) is 5.26 Å². The zero-order chi connectivity index (χ0) is 25.5. The third kappa shape index (κ3) is 5.19. The zero-order valence-electron chi connectivity index (χ0n) is 17.3. The quantitative estimate of drug-likeness (QED) is 0.360. The fraction of sp³-hybridized carbons (Fsp3) is 0.130. The molecule has 4 rings (SSSR count). The second kappa shape index (κ2) is 9.59. The number of rotatable bonds is 5. The number of alkyl halides is 2. The van der Waals surface area contributed by atoms with Crippen molar-refractivity contribution >= 4 is 69.7 Å². The fourth-order valence-electron chi connectivity index (χ4n) is 3.60. The van der Waals surface area contributed by atoms with Gasteiger partial charge in [0.25, 0.3) is 5.91 Å². The molecule has 1 heterocycles. The number of nitriles is 1. The Hall–Kier alpha value is -2.96. The van der Waals surface area contributed by atoms with Gasteiger partial charge in [-0.2, -0.15) is 5.26 Å². The van der Waals surface area contributed by atoms with Crippen LogP contribution in [-0.4, -0.2) is 21.1 Å². The van der Waals surface area contributed by atoms with Crippen LogP contribution in [0.1, 0.15) is 27.4 Å². The van der Waals surface area contributed by atoms with E-state index >= 15 is 0 Å². The highest BCUT2D eigenvalue weighted by Crippen LogP contribution is 2.65. The number of hydrogen-bond acceptors (Lipinski definition) is 4. The lowest BCUT2D eigenvalue weighted by molar-refractivity contribution is -0.117. The summed E-state index contributed by atoms with van der Waals surface area (Å²) in [5, 5.41) is 14.3. The molecule has 0 spiro atoms. The fourth-order valence-corrected chi connectivity index (χ4v) is 4.88. The third-order valence-electron chi connectivity index (χ3n) is 5.26. The molecule has 6 nitrogen and oxygen atoms in total. The first-order chi connectivity index (χ1) is 16.5. The topological polar surface area (TPSA) is 94.9 Å². The van der Waals surface area contributed by atoms with Crippen LogP contribution >= 0.6 is 46.4 Å². The Morgan fingerprint density at radius 1 is 1.06 bits per heavy atom. The first kappa shape index (κ1) is 25.1. The largest absolute Gasteiger partial charge is 0.326 e. The molecule has 0 unspecified atom stereocenters. The van der Waals surface area contributed by atoms with Gasteiger partial charge in [0.15, 0.2) is 11.6 Å². The van der Waals surface area contributed by atoms with Crippen molar-refractivity contribution in [2.75, 3.05) is 10.6 Å². The summed E-state index contributed by atoms with van der Waals surface area (Å²) in [6.07, 6.45) is 0.743. The summed E-state index contributed by atoms with van der Waals surface area (Å²) in [6.45, 7) is 0. The normalized spacial score (nSPS) is 17.9. The summed E-state index contributed by atoms with van der Waals surface area (Å²) in [4.78, 5) is 29.0. The standard InChI is InChI=1S/C23H12Cl4F2N4O2/c24-12-4-10(8-30)3-11(5-12)18-19(23(18,26)27)22(35)32-14-1-2-16(25)15(7-14)21(34)33-20-17(29)6-13(28)9-31-20/h1-7,9,18-19H,(H,32,35)(H,31,33,34)/t18-,19+/m1/s1. The molecule has 1 fully saturated rings. The Morgan fingerprint density at radius 2 is 1.80 bits per heavy atom. The number of amides is 2. The SMILES string of the molecule is N#Cc1cc(Cl)cc([C@@H]2[C@@H](C(=O)Nc3ccc(Cl)c(C(=O)Nc4ncc(F)cc4F)c3)C2(Cl)Cl)c1. The van der Waals surface area contributed by atoms with Crippen LogP contribution in [0.25, 0.3) is 0 Å². The van der Waals surface area contributed by atoms with E-state index in [0.717, 1.165) is 6.20 Å². The number of aromatic nitrogens is 1. The summed E-state index contributed by atoms with van der Waals surface area (Å²) < 4.78 is 25.4. The predicted octanol–water partition coefficient (Wildman–Crippen LogP) is 6.32. The Bertz CT molecular complexity index is 1410. The molecule has 0 bridgehead atoms. The van der Waals surface area contributed by atoms with Crippen LogP contribution in [0.15, 0.2) is 48.7 Å². The highest BCUT2D eigenvalue weighted by Gasteiger charge is 2.67. The number of hydrogen-bond donors (Lipinski definition) is 2. The summed E-state index contributed by atoms with van der Waals surface area (Å²) in [6, 6.07) is 11.2. The van der Waals surface area contributed by atoms with Crippen LogP contribution in [0.4, 0.5) is 20.3 Å². The second-order valence-corrected chi connectivity index (χ2v) is 9.92. The van der Waals surface area contributed by atoms with Crippen molar-refractivity contribution in [3.05, 3.63) is 87.0 Å². The number of benzene rings is 2. The van der Waals surface area contributed by atoms with E-state index in [1.54, 1.807) is 12.1 Å². The Morgan fingerprint density at radius 3 is 2.49 bits per heavy atom. The van der Waals surface area contributed by atoms with Crippen LogP contribution in [-0.2, 0) is 4.79 Å². The van der Waals surface area contributed by atoms with Crippen LogP contribution in [0.2, 0.25) is 10.0 Å². The number of carbonyl (C=O) groups excluding carboxylic acids is 2. The Balaban J connectivity index is 1.52. The average molecular weight is 556 g/mol. The lowest BCUT2D eigenvalue weighted by Crippen LogP contribution is -2.18. The number of anilines is 2. The lowest BCUT2D eigenvalue weighted by Gasteiger charge is -2.10. The van der Waals surface area contributed by atoms with Gasteiger partial charge in [-0.15, -0.1) is 23.2 Å². The van der Waals surface area contributed by atoms with Gasteiger partial charge in [-0.25, -0.2) is 13.8 Å². The number of halogens is 6. The van der Waals surface area contributed by atoms with Gasteiger partial charge in [0, 0.05) is 22.7 Å².